The molecule has 1 aliphatic rings. The van der Waals surface area contributed by atoms with E-state index < -0.39 is 53.4 Å². The Labute approximate surface area is 216 Å². The van der Waals surface area contributed by atoms with Gasteiger partial charge in [-0.2, -0.15) is 0 Å². The molecule has 206 valence electrons. The van der Waals surface area contributed by atoms with Crippen LogP contribution < -0.4 is 27.0 Å². The summed E-state index contributed by atoms with van der Waals surface area (Å²) in [7, 11) is 0. The molecule has 3 amide bonds. The maximum absolute atomic E-state index is 13.4. The van der Waals surface area contributed by atoms with Gasteiger partial charge in [-0.05, 0) is 43.9 Å². The first kappa shape index (κ1) is 30.0. The summed E-state index contributed by atoms with van der Waals surface area (Å²) in [6.07, 6.45) is 0.359. The number of benzene rings is 1. The molecule has 0 spiro atoms. The first-order chi connectivity index (χ1) is 17.4. The van der Waals surface area contributed by atoms with E-state index in [0.717, 1.165) is 0 Å². The summed E-state index contributed by atoms with van der Waals surface area (Å²) in [5.74, 6) is -2.79. The lowest BCUT2D eigenvalue weighted by molar-refractivity contribution is -0.142. The van der Waals surface area contributed by atoms with Crippen LogP contribution in [-0.2, 0) is 30.3 Å². The van der Waals surface area contributed by atoms with Crippen molar-refractivity contribution in [1.29, 1.82) is 0 Å². The zero-order valence-corrected chi connectivity index (χ0v) is 21.7. The molecule has 4 atom stereocenters. The molecule has 1 aromatic rings. The number of ether oxygens (including phenoxy) is 1. The Hall–Kier alpha value is -3.22. The largest absolute Gasteiger partial charge is 0.508 e. The first-order valence-electron chi connectivity index (χ1n) is 12.3. The number of nitrogens with one attached hydrogen (secondary N) is 4. The van der Waals surface area contributed by atoms with Gasteiger partial charge in [0.15, 0.2) is 0 Å². The van der Waals surface area contributed by atoms with Crippen LogP contribution in [0.2, 0.25) is 0 Å². The molecule has 1 aromatic carbocycles. The lowest BCUT2D eigenvalue weighted by Gasteiger charge is -2.43. The topological polar surface area (TPSA) is 192 Å². The van der Waals surface area contributed by atoms with Crippen LogP contribution in [-0.4, -0.2) is 83.4 Å². The van der Waals surface area contributed by atoms with Crippen LogP contribution in [0.25, 0.3) is 0 Å². The van der Waals surface area contributed by atoms with Crippen LogP contribution in [0.1, 0.15) is 39.7 Å². The van der Waals surface area contributed by atoms with Gasteiger partial charge in [0.05, 0.1) is 24.8 Å². The molecule has 0 saturated carbocycles. The van der Waals surface area contributed by atoms with Crippen LogP contribution in [0.4, 0.5) is 0 Å². The van der Waals surface area contributed by atoms with Crippen LogP contribution in [0.3, 0.4) is 0 Å². The average molecular weight is 522 g/mol. The third-order valence-corrected chi connectivity index (χ3v) is 6.14. The fraction of sp³-hybridized carbons (Fsp3) is 0.600. The molecule has 1 saturated heterocycles. The number of hydrogen-bond donors (Lipinski definition) is 7. The van der Waals surface area contributed by atoms with E-state index in [2.05, 4.69) is 21.3 Å². The van der Waals surface area contributed by atoms with E-state index in [0.29, 0.717) is 18.8 Å². The number of phenols is 1. The van der Waals surface area contributed by atoms with Gasteiger partial charge < -0.3 is 36.6 Å². The van der Waals surface area contributed by atoms with E-state index in [4.69, 9.17) is 15.6 Å². The second-order valence-corrected chi connectivity index (χ2v) is 10.0. The predicted octanol–water partition coefficient (Wildman–Crippen LogP) is -0.754. The van der Waals surface area contributed by atoms with E-state index in [1.54, 1.807) is 19.1 Å². The average Bonchev–Trinajstić information content (AvgIpc) is 2.81. The highest BCUT2D eigenvalue weighted by Crippen LogP contribution is 2.16. The number of hydrogen-bond acceptors (Lipinski definition) is 8. The highest BCUT2D eigenvalue weighted by molar-refractivity contribution is 5.94. The van der Waals surface area contributed by atoms with Crippen molar-refractivity contribution in [2.24, 2.45) is 11.7 Å². The normalized spacial score (nSPS) is 17.6. The van der Waals surface area contributed by atoms with Gasteiger partial charge in [0.2, 0.25) is 17.7 Å². The predicted molar refractivity (Wildman–Crippen MR) is 136 cm³/mol. The van der Waals surface area contributed by atoms with Gasteiger partial charge in [-0.1, -0.05) is 26.0 Å². The zero-order valence-electron chi connectivity index (χ0n) is 21.7. The molecular weight excluding hydrogens is 482 g/mol. The van der Waals surface area contributed by atoms with Crippen LogP contribution >= 0.6 is 0 Å². The Morgan fingerprint density at radius 1 is 0.919 bits per heavy atom. The fourth-order valence-corrected chi connectivity index (χ4v) is 3.86. The number of rotatable bonds is 14. The molecule has 1 heterocycles. The molecule has 1 aliphatic heterocycles. The van der Waals surface area contributed by atoms with E-state index in [9.17, 15) is 24.3 Å². The highest BCUT2D eigenvalue weighted by Gasteiger charge is 2.40. The molecule has 0 bridgehead atoms. The number of phenolic OH excluding ortho intramolecular Hbond substituents is 1. The van der Waals surface area contributed by atoms with Crippen LogP contribution in [0.5, 0.6) is 5.75 Å². The lowest BCUT2D eigenvalue weighted by Crippen LogP contribution is -2.69. The number of carbonyl (C=O) groups is 4. The lowest BCUT2D eigenvalue weighted by atomic mass is 9.96. The SMILES string of the molecule is CC(C)C[C@H](NC(=O)[C@H](Cc1ccc(O)cc1)NC(=O)[C@H](C)NC1(CN)COC1)C(=O)N[C@@H](C)C(=O)O. The van der Waals surface area contributed by atoms with Gasteiger partial charge in [0.25, 0.3) is 0 Å². The molecule has 0 unspecified atom stereocenters. The molecule has 12 nitrogen and oxygen atoms in total. The standard InChI is InChI=1S/C25H39N5O7/c1-14(2)9-19(22(33)27-16(4)24(35)36)29-23(34)20(10-17-5-7-18(31)8-6-17)28-21(32)15(3)30-25(11-26)12-37-13-25/h5-8,14-16,19-20,30-31H,9-13,26H2,1-4H3,(H,27,33)(H,28,32)(H,29,34)(H,35,36)/t15-,16-,19-,20-/m0/s1. The van der Waals surface area contributed by atoms with Gasteiger partial charge in [-0.3, -0.25) is 24.5 Å². The molecule has 0 radical (unpaired) electrons. The summed E-state index contributed by atoms with van der Waals surface area (Å²) >= 11 is 0. The Bertz CT molecular complexity index is 944. The Morgan fingerprint density at radius 3 is 1.97 bits per heavy atom. The van der Waals surface area contributed by atoms with Crippen molar-refractivity contribution >= 4 is 23.7 Å². The number of carboxylic acids is 1. The third-order valence-electron chi connectivity index (χ3n) is 6.14. The Balaban J connectivity index is 2.19. The van der Waals surface area contributed by atoms with Crippen molar-refractivity contribution < 1.29 is 34.1 Å². The van der Waals surface area contributed by atoms with Crippen molar-refractivity contribution in [3.8, 4) is 5.75 Å². The van der Waals surface area contributed by atoms with E-state index in [1.807, 2.05) is 13.8 Å². The Kier molecular flexibility index (Phi) is 10.8. The Morgan fingerprint density at radius 2 is 1.49 bits per heavy atom. The van der Waals surface area contributed by atoms with Gasteiger partial charge in [-0.15, -0.1) is 0 Å². The van der Waals surface area contributed by atoms with Crippen molar-refractivity contribution in [1.82, 2.24) is 21.3 Å². The maximum atomic E-state index is 13.4. The van der Waals surface area contributed by atoms with Gasteiger partial charge in [0.1, 0.15) is 23.9 Å². The van der Waals surface area contributed by atoms with Gasteiger partial charge in [-0.25, -0.2) is 0 Å². The minimum absolute atomic E-state index is 0.0164. The summed E-state index contributed by atoms with van der Waals surface area (Å²) in [5, 5.41) is 29.7. The summed E-state index contributed by atoms with van der Waals surface area (Å²) in [5.41, 5.74) is 5.99. The molecule has 1 fully saturated rings. The van der Waals surface area contributed by atoms with E-state index >= 15 is 0 Å². The van der Waals surface area contributed by atoms with Crippen molar-refractivity contribution in [2.75, 3.05) is 19.8 Å². The van der Waals surface area contributed by atoms with Crippen LogP contribution in [0, 0.1) is 5.92 Å². The summed E-state index contributed by atoms with van der Waals surface area (Å²) in [6.45, 7) is 7.75. The number of aliphatic carboxylic acids is 1. The molecule has 8 N–H and O–H groups in total. The zero-order chi connectivity index (χ0) is 27.8. The second kappa shape index (κ2) is 13.4. The van der Waals surface area contributed by atoms with Crippen molar-refractivity contribution in [3.05, 3.63) is 29.8 Å². The second-order valence-electron chi connectivity index (χ2n) is 10.0. The number of nitrogens with two attached hydrogens (primary N) is 1. The van der Waals surface area contributed by atoms with Crippen molar-refractivity contribution in [2.45, 2.75) is 70.2 Å². The summed E-state index contributed by atoms with van der Waals surface area (Å²) < 4.78 is 5.22. The van der Waals surface area contributed by atoms with E-state index in [1.165, 1.54) is 19.1 Å². The minimum atomic E-state index is -1.20. The number of amides is 3. The molecule has 0 aliphatic carbocycles. The minimum Gasteiger partial charge on any atom is -0.508 e. The maximum Gasteiger partial charge on any atom is 0.325 e. The van der Waals surface area contributed by atoms with Crippen LogP contribution in [0.15, 0.2) is 24.3 Å². The quantitative estimate of drug-likeness (QED) is 0.165. The molecule has 12 heteroatoms. The summed E-state index contributed by atoms with van der Waals surface area (Å²) in [6, 6.07) is 2.33. The summed E-state index contributed by atoms with van der Waals surface area (Å²) in [4.78, 5) is 50.3. The van der Waals surface area contributed by atoms with E-state index in [-0.39, 0.29) is 31.1 Å². The first-order valence-corrected chi connectivity index (χ1v) is 12.3. The molecule has 0 aromatic heterocycles. The molecule has 37 heavy (non-hydrogen) atoms. The number of aromatic hydroxyl groups is 1. The van der Waals surface area contributed by atoms with Gasteiger partial charge in [0, 0.05) is 13.0 Å². The third kappa shape index (κ3) is 8.99. The smallest absolute Gasteiger partial charge is 0.325 e. The fourth-order valence-electron chi connectivity index (χ4n) is 3.86. The monoisotopic (exact) mass is 521 g/mol. The number of carbonyl (C=O) groups excluding carboxylic acids is 3. The van der Waals surface area contributed by atoms with Gasteiger partial charge >= 0.3 is 5.97 Å². The highest BCUT2D eigenvalue weighted by atomic mass is 16.5. The van der Waals surface area contributed by atoms with Crippen molar-refractivity contribution in [3.63, 3.8) is 0 Å². The molecular formula is C25H39N5O7. The number of carboxylic acid groups (broad SMARTS) is 1. The molecule has 2 rings (SSSR count).